The Hall–Kier alpha value is -1.03. The molecule has 0 N–H and O–H groups in total. The molecule has 0 saturated heterocycles. The van der Waals surface area contributed by atoms with Crippen molar-refractivity contribution >= 4 is 11.6 Å². The van der Waals surface area contributed by atoms with E-state index in [1.165, 1.54) is 7.11 Å². The molecular weight excluding hydrogens is 216 g/mol. The third-order valence-electron chi connectivity index (χ3n) is 2.26. The summed E-state index contributed by atoms with van der Waals surface area (Å²) >= 11 is 5.90. The largest absolute Gasteiger partial charge is 0.477 e. The third kappa shape index (κ3) is 2.50. The maximum absolute atomic E-state index is 11.8. The zero-order valence-electron chi connectivity index (χ0n) is 9.21. The molecule has 0 aliphatic heterocycles. The number of ether oxygens (including phenoxy) is 1. The van der Waals surface area contributed by atoms with Gasteiger partial charge in [0.25, 0.3) is 5.88 Å². The molecule has 0 radical (unpaired) electrons. The fourth-order valence-corrected chi connectivity index (χ4v) is 1.49. The number of rotatable bonds is 4. The molecule has 0 atom stereocenters. The van der Waals surface area contributed by atoms with Crippen LogP contribution in [-0.4, -0.2) is 16.7 Å². The summed E-state index contributed by atoms with van der Waals surface area (Å²) in [5, 5.41) is 0.322. The van der Waals surface area contributed by atoms with Crippen molar-refractivity contribution < 1.29 is 4.74 Å². The average molecular weight is 231 g/mol. The van der Waals surface area contributed by atoms with Gasteiger partial charge in [-0.25, -0.2) is 0 Å². The summed E-state index contributed by atoms with van der Waals surface area (Å²) < 4.78 is 6.48. The molecule has 1 rings (SSSR count). The Labute approximate surface area is 93.8 Å². The van der Waals surface area contributed by atoms with Gasteiger partial charge in [0.15, 0.2) is 5.15 Å². The molecule has 1 aromatic heterocycles. The average Bonchev–Trinajstić information content (AvgIpc) is 2.23. The molecule has 0 spiro atoms. The fraction of sp³-hybridized carbons (Fsp3) is 0.600. The highest BCUT2D eigenvalue weighted by atomic mass is 35.5. The molecule has 0 aliphatic carbocycles. The van der Waals surface area contributed by atoms with Crippen molar-refractivity contribution in [2.45, 2.75) is 33.2 Å². The predicted octanol–water partition coefficient (Wildman–Crippen LogP) is 2.01. The molecule has 84 valence electrons. The van der Waals surface area contributed by atoms with Gasteiger partial charge in [-0.3, -0.25) is 4.79 Å². The van der Waals surface area contributed by atoms with E-state index < -0.39 is 0 Å². The Balaban J connectivity index is 3.22. The Morgan fingerprint density at radius 1 is 1.53 bits per heavy atom. The van der Waals surface area contributed by atoms with Crippen molar-refractivity contribution in [2.24, 2.45) is 0 Å². The molecule has 4 nitrogen and oxygen atoms in total. The summed E-state index contributed by atoms with van der Waals surface area (Å²) in [4.78, 5) is 15.7. The van der Waals surface area contributed by atoms with Gasteiger partial charge in [-0.05, 0) is 13.3 Å². The molecule has 0 saturated carbocycles. The van der Waals surface area contributed by atoms with Crippen LogP contribution in [0.25, 0.3) is 0 Å². The van der Waals surface area contributed by atoms with Gasteiger partial charge in [0.1, 0.15) is 0 Å². The van der Waals surface area contributed by atoms with E-state index in [9.17, 15) is 4.79 Å². The van der Waals surface area contributed by atoms with E-state index in [0.29, 0.717) is 17.4 Å². The summed E-state index contributed by atoms with van der Waals surface area (Å²) in [5.74, 6) is 0.0571. The second kappa shape index (κ2) is 5.16. The zero-order chi connectivity index (χ0) is 11.4. The number of aromatic nitrogens is 2. The first-order valence-electron chi connectivity index (χ1n) is 4.92. The van der Waals surface area contributed by atoms with E-state index >= 15 is 0 Å². The van der Waals surface area contributed by atoms with Crippen molar-refractivity contribution in [3.63, 3.8) is 0 Å². The Kier molecular flexibility index (Phi) is 4.15. The maximum atomic E-state index is 11.8. The van der Waals surface area contributed by atoms with Gasteiger partial charge in [-0.2, -0.15) is 4.98 Å². The Bertz CT molecular complexity index is 401. The van der Waals surface area contributed by atoms with Crippen LogP contribution in [0.4, 0.5) is 0 Å². The highest BCUT2D eigenvalue weighted by Crippen LogP contribution is 2.13. The highest BCUT2D eigenvalue weighted by Gasteiger charge is 2.11. The molecule has 0 fully saturated rings. The Morgan fingerprint density at radius 2 is 2.20 bits per heavy atom. The lowest BCUT2D eigenvalue weighted by Gasteiger charge is -2.11. The van der Waals surface area contributed by atoms with Crippen molar-refractivity contribution in [2.75, 3.05) is 7.11 Å². The second-order valence-corrected chi connectivity index (χ2v) is 3.67. The fourth-order valence-electron chi connectivity index (χ4n) is 1.32. The van der Waals surface area contributed by atoms with E-state index in [0.717, 1.165) is 12.8 Å². The first-order valence-corrected chi connectivity index (χ1v) is 5.30. The maximum Gasteiger partial charge on any atom is 0.313 e. The molecule has 1 heterocycles. The van der Waals surface area contributed by atoms with E-state index in [1.54, 1.807) is 11.5 Å². The summed E-state index contributed by atoms with van der Waals surface area (Å²) in [7, 11) is 1.42. The first kappa shape index (κ1) is 12.0. The summed E-state index contributed by atoms with van der Waals surface area (Å²) in [6.07, 6.45) is 1.96. The molecule has 0 aliphatic rings. The quantitative estimate of drug-likeness (QED) is 0.795. The topological polar surface area (TPSA) is 44.1 Å². The number of nitrogens with zero attached hydrogens (tertiary/aromatic N) is 2. The van der Waals surface area contributed by atoms with Crippen molar-refractivity contribution in [1.82, 2.24) is 9.55 Å². The number of methoxy groups -OCH3 is 1. The Morgan fingerprint density at radius 3 is 2.73 bits per heavy atom. The highest BCUT2D eigenvalue weighted by molar-refractivity contribution is 6.30. The molecular formula is C10H15ClN2O2. The number of hydrogen-bond donors (Lipinski definition) is 0. The van der Waals surface area contributed by atoms with Crippen LogP contribution in [0.15, 0.2) is 4.79 Å². The third-order valence-corrected chi connectivity index (χ3v) is 2.62. The zero-order valence-corrected chi connectivity index (χ0v) is 9.97. The van der Waals surface area contributed by atoms with Crippen LogP contribution >= 0.6 is 11.6 Å². The predicted molar refractivity (Wildman–Crippen MR) is 59.7 cm³/mol. The van der Waals surface area contributed by atoms with E-state index in [1.807, 2.05) is 0 Å². The van der Waals surface area contributed by atoms with Crippen LogP contribution in [0.2, 0.25) is 5.15 Å². The molecule has 0 unspecified atom stereocenters. The van der Waals surface area contributed by atoms with Gasteiger partial charge in [-0.15, -0.1) is 0 Å². The van der Waals surface area contributed by atoms with E-state index in [2.05, 4.69) is 11.9 Å². The minimum atomic E-state index is -0.215. The van der Waals surface area contributed by atoms with Crippen molar-refractivity contribution in [1.29, 1.82) is 0 Å². The lowest BCUT2D eigenvalue weighted by atomic mass is 10.3. The second-order valence-electron chi connectivity index (χ2n) is 3.31. The molecule has 5 heteroatoms. The van der Waals surface area contributed by atoms with Crippen LogP contribution < -0.4 is 10.3 Å². The van der Waals surface area contributed by atoms with Gasteiger partial charge in [0.2, 0.25) is 0 Å². The monoisotopic (exact) mass is 230 g/mol. The van der Waals surface area contributed by atoms with Gasteiger partial charge < -0.3 is 9.30 Å². The molecule has 0 aromatic carbocycles. The van der Waals surface area contributed by atoms with Crippen LogP contribution in [0.1, 0.15) is 25.5 Å². The van der Waals surface area contributed by atoms with Gasteiger partial charge in [0, 0.05) is 6.54 Å². The van der Waals surface area contributed by atoms with Gasteiger partial charge >= 0.3 is 5.56 Å². The molecule has 0 bridgehead atoms. The lowest BCUT2D eigenvalue weighted by molar-refractivity contribution is 0.382. The smallest absolute Gasteiger partial charge is 0.313 e. The minimum Gasteiger partial charge on any atom is -0.477 e. The normalized spacial score (nSPS) is 10.4. The van der Waals surface area contributed by atoms with Crippen LogP contribution in [-0.2, 0) is 6.54 Å². The van der Waals surface area contributed by atoms with Crippen molar-refractivity contribution in [3.05, 3.63) is 21.2 Å². The van der Waals surface area contributed by atoms with Crippen molar-refractivity contribution in [3.8, 4) is 5.88 Å². The molecule has 15 heavy (non-hydrogen) atoms. The number of hydrogen-bond acceptors (Lipinski definition) is 3. The number of halogens is 1. The minimum absolute atomic E-state index is 0.0571. The van der Waals surface area contributed by atoms with Crippen LogP contribution in [0.3, 0.4) is 0 Å². The first-order chi connectivity index (χ1) is 7.11. The standard InChI is InChI=1S/C10H15ClN2O2/c1-4-5-6-13-7(2)8(11)12-9(15-3)10(13)14/h4-6H2,1-3H3. The summed E-state index contributed by atoms with van der Waals surface area (Å²) in [6, 6.07) is 0. The van der Waals surface area contributed by atoms with E-state index in [-0.39, 0.29) is 11.4 Å². The molecule has 0 amide bonds. The molecule has 1 aromatic rings. The van der Waals surface area contributed by atoms with Gasteiger partial charge in [-0.1, -0.05) is 24.9 Å². The lowest BCUT2D eigenvalue weighted by Crippen LogP contribution is -2.25. The summed E-state index contributed by atoms with van der Waals surface area (Å²) in [5.41, 5.74) is 0.476. The number of unbranched alkanes of at least 4 members (excludes halogenated alkanes) is 1. The van der Waals surface area contributed by atoms with Crippen LogP contribution in [0, 0.1) is 6.92 Å². The van der Waals surface area contributed by atoms with E-state index in [4.69, 9.17) is 16.3 Å². The van der Waals surface area contributed by atoms with Gasteiger partial charge in [0.05, 0.1) is 12.8 Å². The van der Waals surface area contributed by atoms with Crippen LogP contribution in [0.5, 0.6) is 5.88 Å². The SMILES string of the molecule is CCCCn1c(C)c(Cl)nc(OC)c1=O. The summed E-state index contributed by atoms with van der Waals surface area (Å²) in [6.45, 7) is 4.51.